The molecule has 2 aliphatic rings. The first-order valence-electron chi connectivity index (χ1n) is 12.6. The van der Waals surface area contributed by atoms with E-state index < -0.39 is 12.1 Å². The Morgan fingerprint density at radius 1 is 0.886 bits per heavy atom. The third kappa shape index (κ3) is 6.41. The second-order valence-corrected chi connectivity index (χ2v) is 9.51. The van der Waals surface area contributed by atoms with E-state index in [1.54, 1.807) is 0 Å². The van der Waals surface area contributed by atoms with Crippen LogP contribution in [0, 0.1) is 5.92 Å². The summed E-state index contributed by atoms with van der Waals surface area (Å²) in [6.45, 7) is 2.25. The monoisotopic (exact) mass is 478 g/mol. The summed E-state index contributed by atoms with van der Waals surface area (Å²) in [7, 11) is 0. The van der Waals surface area contributed by atoms with Crippen LogP contribution >= 0.6 is 0 Å². The number of carbonyl (C=O) groups excluding carboxylic acids is 2. The summed E-state index contributed by atoms with van der Waals surface area (Å²) in [6.07, 6.45) is 4.53. The summed E-state index contributed by atoms with van der Waals surface area (Å²) in [6, 6.07) is 16.6. The van der Waals surface area contributed by atoms with Gasteiger partial charge >= 0.3 is 12.1 Å². The number of unbranched alkanes of at least 4 members (excludes halogenated alkanes) is 3. The van der Waals surface area contributed by atoms with Crippen LogP contribution in [0.2, 0.25) is 0 Å². The second-order valence-electron chi connectivity index (χ2n) is 9.51. The SMILES string of the molecule is O=C(O)CCC1CN(C(=O)CCCCCCNC(=O)OCC2c3ccccc3-c3ccccc32)C1. The molecule has 7 heteroatoms. The lowest BCUT2D eigenvalue weighted by atomic mass is 9.94. The van der Waals surface area contributed by atoms with Crippen LogP contribution in [0.3, 0.4) is 0 Å². The number of hydrogen-bond acceptors (Lipinski definition) is 4. The van der Waals surface area contributed by atoms with Gasteiger partial charge in [0.1, 0.15) is 6.61 Å². The van der Waals surface area contributed by atoms with Gasteiger partial charge in [0, 0.05) is 38.4 Å². The number of nitrogens with one attached hydrogen (secondary N) is 1. The van der Waals surface area contributed by atoms with Gasteiger partial charge in [0.05, 0.1) is 0 Å². The molecule has 186 valence electrons. The number of likely N-dealkylation sites (tertiary alicyclic amines) is 1. The molecule has 1 heterocycles. The van der Waals surface area contributed by atoms with Gasteiger partial charge in [-0.15, -0.1) is 0 Å². The number of hydrogen-bond donors (Lipinski definition) is 2. The van der Waals surface area contributed by atoms with Crippen molar-refractivity contribution in [1.82, 2.24) is 10.2 Å². The van der Waals surface area contributed by atoms with Gasteiger partial charge in [-0.2, -0.15) is 0 Å². The van der Waals surface area contributed by atoms with Gasteiger partial charge in [-0.1, -0.05) is 61.4 Å². The molecule has 35 heavy (non-hydrogen) atoms. The molecule has 0 unspecified atom stereocenters. The summed E-state index contributed by atoms with van der Waals surface area (Å²) < 4.78 is 5.55. The molecule has 1 aliphatic heterocycles. The smallest absolute Gasteiger partial charge is 0.407 e. The normalized spacial score (nSPS) is 14.7. The molecule has 7 nitrogen and oxygen atoms in total. The Bertz CT molecular complexity index is 1000. The average molecular weight is 479 g/mol. The van der Waals surface area contributed by atoms with Gasteiger partial charge in [0.25, 0.3) is 0 Å². The zero-order valence-electron chi connectivity index (χ0n) is 20.1. The highest BCUT2D eigenvalue weighted by atomic mass is 16.5. The highest BCUT2D eigenvalue weighted by molar-refractivity contribution is 5.79. The molecule has 0 bridgehead atoms. The van der Waals surface area contributed by atoms with E-state index in [4.69, 9.17) is 9.84 Å². The molecule has 1 saturated heterocycles. The molecule has 1 aliphatic carbocycles. The van der Waals surface area contributed by atoms with Crippen molar-refractivity contribution in [3.8, 4) is 11.1 Å². The van der Waals surface area contributed by atoms with Crippen LogP contribution in [-0.4, -0.2) is 54.2 Å². The van der Waals surface area contributed by atoms with Crippen molar-refractivity contribution in [1.29, 1.82) is 0 Å². The van der Waals surface area contributed by atoms with Crippen LogP contribution in [0.5, 0.6) is 0 Å². The highest BCUT2D eigenvalue weighted by Gasteiger charge is 2.30. The summed E-state index contributed by atoms with van der Waals surface area (Å²) in [5.74, 6) is -0.222. The molecule has 0 atom stereocenters. The van der Waals surface area contributed by atoms with E-state index in [-0.39, 0.29) is 18.2 Å². The van der Waals surface area contributed by atoms with E-state index in [9.17, 15) is 14.4 Å². The summed E-state index contributed by atoms with van der Waals surface area (Å²) in [5, 5.41) is 11.6. The number of alkyl carbamates (subject to hydrolysis) is 1. The standard InChI is InChI=1S/C28H34N2O5/c31-26(30-17-20(18-30)14-15-27(32)33)13-3-1-2-8-16-29-28(34)35-19-25-23-11-6-4-9-21(23)22-10-5-7-12-24(22)25/h4-7,9-12,20,25H,1-3,8,13-19H2,(H,29,34)(H,32,33). The van der Waals surface area contributed by atoms with Gasteiger partial charge in [-0.3, -0.25) is 9.59 Å². The minimum Gasteiger partial charge on any atom is -0.481 e. The molecule has 2 aromatic rings. The van der Waals surface area contributed by atoms with Crippen LogP contribution in [0.1, 0.15) is 62.0 Å². The summed E-state index contributed by atoms with van der Waals surface area (Å²) in [5.41, 5.74) is 4.82. The molecule has 0 radical (unpaired) electrons. The van der Waals surface area contributed by atoms with Gasteiger partial charge in [-0.05, 0) is 47.4 Å². The van der Waals surface area contributed by atoms with Crippen LogP contribution in [0.4, 0.5) is 4.79 Å². The van der Waals surface area contributed by atoms with Crippen LogP contribution in [-0.2, 0) is 14.3 Å². The number of nitrogens with zero attached hydrogens (tertiary/aromatic N) is 1. The number of fused-ring (bicyclic) bond motifs is 3. The van der Waals surface area contributed by atoms with E-state index in [1.165, 1.54) is 22.3 Å². The molecular weight excluding hydrogens is 444 g/mol. The zero-order chi connectivity index (χ0) is 24.6. The molecule has 2 amide bonds. The maximum absolute atomic E-state index is 12.2. The first kappa shape index (κ1) is 24.8. The Morgan fingerprint density at radius 3 is 2.17 bits per heavy atom. The summed E-state index contributed by atoms with van der Waals surface area (Å²) >= 11 is 0. The number of carbonyl (C=O) groups is 3. The van der Waals surface area contributed by atoms with E-state index in [0.717, 1.165) is 25.7 Å². The second kappa shape index (κ2) is 11.9. The van der Waals surface area contributed by atoms with E-state index in [1.807, 2.05) is 29.2 Å². The highest BCUT2D eigenvalue weighted by Crippen LogP contribution is 2.44. The zero-order valence-corrected chi connectivity index (χ0v) is 20.1. The predicted molar refractivity (Wildman–Crippen MR) is 133 cm³/mol. The number of amides is 2. The first-order chi connectivity index (χ1) is 17.0. The van der Waals surface area contributed by atoms with Gasteiger partial charge < -0.3 is 20.1 Å². The molecular formula is C28H34N2O5. The number of benzene rings is 2. The maximum atomic E-state index is 12.2. The summed E-state index contributed by atoms with van der Waals surface area (Å²) in [4.78, 5) is 36.8. The van der Waals surface area contributed by atoms with E-state index >= 15 is 0 Å². The molecule has 0 spiro atoms. The fraction of sp³-hybridized carbons (Fsp3) is 0.464. The number of carboxylic acid groups (broad SMARTS) is 1. The minimum atomic E-state index is -0.775. The van der Waals surface area contributed by atoms with Gasteiger partial charge in [0.15, 0.2) is 0 Å². The Hall–Kier alpha value is -3.35. The van der Waals surface area contributed by atoms with E-state index in [2.05, 4.69) is 29.6 Å². The fourth-order valence-corrected chi connectivity index (χ4v) is 5.04. The van der Waals surface area contributed by atoms with Crippen molar-refractivity contribution in [2.45, 2.75) is 50.9 Å². The Kier molecular flexibility index (Phi) is 8.40. The van der Waals surface area contributed by atoms with Gasteiger partial charge in [0.2, 0.25) is 5.91 Å². The van der Waals surface area contributed by atoms with Crippen molar-refractivity contribution in [2.75, 3.05) is 26.2 Å². The lowest BCUT2D eigenvalue weighted by Crippen LogP contribution is -2.49. The van der Waals surface area contributed by atoms with Crippen molar-refractivity contribution in [3.63, 3.8) is 0 Å². The van der Waals surface area contributed by atoms with E-state index in [0.29, 0.717) is 45.0 Å². The lowest BCUT2D eigenvalue weighted by Gasteiger charge is -2.39. The van der Waals surface area contributed by atoms with Crippen LogP contribution in [0.25, 0.3) is 11.1 Å². The number of ether oxygens (including phenoxy) is 1. The van der Waals surface area contributed by atoms with Crippen molar-refractivity contribution >= 4 is 18.0 Å². The van der Waals surface area contributed by atoms with Crippen LogP contribution < -0.4 is 5.32 Å². The van der Waals surface area contributed by atoms with Crippen molar-refractivity contribution in [2.24, 2.45) is 5.92 Å². The molecule has 0 saturated carbocycles. The molecule has 1 fully saturated rings. The minimum absolute atomic E-state index is 0.0598. The lowest BCUT2D eigenvalue weighted by molar-refractivity contribution is -0.139. The van der Waals surface area contributed by atoms with Crippen LogP contribution in [0.15, 0.2) is 48.5 Å². The van der Waals surface area contributed by atoms with Gasteiger partial charge in [-0.25, -0.2) is 4.79 Å². The topological polar surface area (TPSA) is 95.9 Å². The quantitative estimate of drug-likeness (QED) is 0.427. The average Bonchev–Trinajstić information content (AvgIpc) is 3.14. The number of aliphatic carboxylic acids is 1. The number of rotatable bonds is 12. The maximum Gasteiger partial charge on any atom is 0.407 e. The van der Waals surface area contributed by atoms with Crippen molar-refractivity contribution < 1.29 is 24.2 Å². The predicted octanol–water partition coefficient (Wildman–Crippen LogP) is 4.80. The number of carboxylic acids is 1. The molecule has 0 aromatic heterocycles. The largest absolute Gasteiger partial charge is 0.481 e. The fourth-order valence-electron chi connectivity index (χ4n) is 5.04. The Balaban J connectivity index is 1.06. The third-order valence-electron chi connectivity index (χ3n) is 7.01. The molecule has 2 N–H and O–H groups in total. The molecule has 2 aromatic carbocycles. The Morgan fingerprint density at radius 2 is 1.51 bits per heavy atom. The van der Waals surface area contributed by atoms with Crippen molar-refractivity contribution in [3.05, 3.63) is 59.7 Å². The third-order valence-corrected chi connectivity index (χ3v) is 7.01. The Labute approximate surface area is 206 Å². The molecule has 4 rings (SSSR count). The first-order valence-corrected chi connectivity index (χ1v) is 12.6.